The number of nitrogens with zero attached hydrogens (tertiary/aromatic N) is 1. The third-order valence-electron chi connectivity index (χ3n) is 4.84. The van der Waals surface area contributed by atoms with E-state index in [1.807, 2.05) is 37.4 Å². The monoisotopic (exact) mass is 510 g/mol. The first-order valence-corrected chi connectivity index (χ1v) is 12.3. The Labute approximate surface area is 204 Å². The zero-order valence-corrected chi connectivity index (χ0v) is 20.6. The Morgan fingerprint density at radius 1 is 1.18 bits per heavy atom. The van der Waals surface area contributed by atoms with Gasteiger partial charge in [0, 0.05) is 22.4 Å². The summed E-state index contributed by atoms with van der Waals surface area (Å²) >= 11 is 2.91. The highest BCUT2D eigenvalue weighted by molar-refractivity contribution is 7.97. The molecule has 1 N–H and O–H groups in total. The molecule has 10 heteroatoms. The second-order valence-electron chi connectivity index (χ2n) is 7.71. The molecule has 0 aliphatic heterocycles. The van der Waals surface area contributed by atoms with Crippen LogP contribution in [0.25, 0.3) is 10.6 Å². The maximum Gasteiger partial charge on any atom is 0.573 e. The van der Waals surface area contributed by atoms with E-state index in [-0.39, 0.29) is 17.6 Å². The number of methoxy groups -OCH3 is 1. The van der Waals surface area contributed by atoms with Gasteiger partial charge in [-0.3, -0.25) is 4.72 Å². The summed E-state index contributed by atoms with van der Waals surface area (Å²) in [4.78, 5) is 17.6. The van der Waals surface area contributed by atoms with Gasteiger partial charge < -0.3 is 9.47 Å². The number of benzene rings is 2. The number of hydrogen-bond acceptors (Lipinski definition) is 7. The number of aromatic nitrogens is 1. The zero-order valence-electron chi connectivity index (χ0n) is 18.9. The number of halogens is 3. The Hall–Kier alpha value is -2.56. The zero-order chi connectivity index (χ0) is 24.7. The number of carbonyl (C=O) groups excluding carboxylic acids is 1. The van der Waals surface area contributed by atoms with E-state index < -0.39 is 6.36 Å². The lowest BCUT2D eigenvalue weighted by atomic mass is 9.97. The molecule has 0 aliphatic carbocycles. The number of nitrogens with one attached hydrogen (secondary N) is 1. The third-order valence-corrected chi connectivity index (χ3v) is 6.62. The number of thiazole rings is 1. The maximum absolute atomic E-state index is 12.3. The minimum atomic E-state index is -4.70. The highest BCUT2D eigenvalue weighted by Gasteiger charge is 2.31. The first kappa shape index (κ1) is 26.1. The van der Waals surface area contributed by atoms with Gasteiger partial charge in [-0.1, -0.05) is 19.9 Å². The second kappa shape index (κ2) is 11.7. The van der Waals surface area contributed by atoms with Crippen molar-refractivity contribution in [1.29, 1.82) is 0 Å². The number of aryl methyl sites for hydroxylation is 1. The van der Waals surface area contributed by atoms with E-state index in [9.17, 15) is 18.0 Å². The molecular formula is C24H25F3N2O3S2. The quantitative estimate of drug-likeness (QED) is 0.183. The van der Waals surface area contributed by atoms with E-state index in [1.54, 1.807) is 12.1 Å². The molecule has 0 saturated heterocycles. The van der Waals surface area contributed by atoms with Crippen molar-refractivity contribution in [1.82, 2.24) is 9.71 Å². The molecule has 2 aromatic carbocycles. The second-order valence-corrected chi connectivity index (χ2v) is 9.53. The molecule has 0 unspecified atom stereocenters. The first-order chi connectivity index (χ1) is 16.2. The van der Waals surface area contributed by atoms with Gasteiger partial charge in [-0.15, -0.1) is 24.5 Å². The van der Waals surface area contributed by atoms with Crippen LogP contribution in [0, 0.1) is 0 Å². The Kier molecular flexibility index (Phi) is 8.98. The van der Waals surface area contributed by atoms with E-state index in [0.29, 0.717) is 5.56 Å². The van der Waals surface area contributed by atoms with Crippen molar-refractivity contribution < 1.29 is 27.4 Å². The summed E-state index contributed by atoms with van der Waals surface area (Å²) in [5.41, 5.74) is 3.21. The Balaban J connectivity index is 1.48. The SMILES string of the molecule is COC(=O)c1cc(SNCCCc2csc(-c3ccc(OC(F)(F)F)cc3)n2)ccc1C(C)C. The predicted molar refractivity (Wildman–Crippen MR) is 128 cm³/mol. The molecule has 182 valence electrons. The van der Waals surface area contributed by atoms with E-state index in [2.05, 4.69) is 14.4 Å². The largest absolute Gasteiger partial charge is 0.573 e. The summed E-state index contributed by atoms with van der Waals surface area (Å²) in [7, 11) is 1.38. The minimum absolute atomic E-state index is 0.218. The van der Waals surface area contributed by atoms with Crippen LogP contribution < -0.4 is 9.46 Å². The summed E-state index contributed by atoms with van der Waals surface area (Å²) in [6, 6.07) is 11.5. The molecule has 1 heterocycles. The Morgan fingerprint density at radius 2 is 1.91 bits per heavy atom. The van der Waals surface area contributed by atoms with E-state index in [1.165, 1.54) is 42.5 Å². The summed E-state index contributed by atoms with van der Waals surface area (Å²) in [6.45, 7) is 4.81. The number of esters is 1. The van der Waals surface area contributed by atoms with Crippen molar-refractivity contribution in [3.63, 3.8) is 0 Å². The van der Waals surface area contributed by atoms with Crippen LogP contribution >= 0.6 is 23.3 Å². The van der Waals surface area contributed by atoms with Gasteiger partial charge in [-0.25, -0.2) is 9.78 Å². The van der Waals surface area contributed by atoms with Crippen LogP contribution in [0.1, 0.15) is 47.8 Å². The van der Waals surface area contributed by atoms with E-state index in [0.717, 1.165) is 46.1 Å². The summed E-state index contributed by atoms with van der Waals surface area (Å²) < 4.78 is 49.0. The number of ether oxygens (including phenoxy) is 2. The molecule has 34 heavy (non-hydrogen) atoms. The standard InChI is InChI=1S/C24H25F3N2O3S2/c1-15(2)20-11-10-19(13-21(20)23(30)31-3)34-28-12-4-5-17-14-33-22(29-17)16-6-8-18(9-7-16)32-24(25,26)27/h6-11,13-15,28H,4-5,12H2,1-3H3. The lowest BCUT2D eigenvalue weighted by Gasteiger charge is -2.13. The maximum atomic E-state index is 12.3. The average Bonchev–Trinajstić information content (AvgIpc) is 3.26. The van der Waals surface area contributed by atoms with Gasteiger partial charge in [0.2, 0.25) is 0 Å². The van der Waals surface area contributed by atoms with Crippen LogP contribution in [0.5, 0.6) is 5.75 Å². The molecule has 0 saturated carbocycles. The number of carbonyl (C=O) groups is 1. The number of alkyl halides is 3. The summed E-state index contributed by atoms with van der Waals surface area (Å²) in [5, 5.41) is 2.70. The van der Waals surface area contributed by atoms with Crippen LogP contribution in [0.3, 0.4) is 0 Å². The van der Waals surface area contributed by atoms with E-state index in [4.69, 9.17) is 4.74 Å². The average molecular weight is 511 g/mol. The molecule has 0 aliphatic rings. The van der Waals surface area contributed by atoms with Gasteiger partial charge in [-0.2, -0.15) is 0 Å². The molecule has 1 aromatic heterocycles. The van der Waals surface area contributed by atoms with Gasteiger partial charge in [0.1, 0.15) is 10.8 Å². The van der Waals surface area contributed by atoms with Crippen molar-refractivity contribution >= 4 is 29.3 Å². The van der Waals surface area contributed by atoms with Crippen molar-refractivity contribution in [2.24, 2.45) is 0 Å². The van der Waals surface area contributed by atoms with Gasteiger partial charge in [0.25, 0.3) is 0 Å². The highest BCUT2D eigenvalue weighted by atomic mass is 32.2. The van der Waals surface area contributed by atoms with Crippen LogP contribution in [-0.4, -0.2) is 31.0 Å². The highest BCUT2D eigenvalue weighted by Crippen LogP contribution is 2.29. The minimum Gasteiger partial charge on any atom is -0.465 e. The fourth-order valence-electron chi connectivity index (χ4n) is 3.22. The van der Waals surface area contributed by atoms with Crippen molar-refractivity contribution in [2.75, 3.05) is 13.7 Å². The molecule has 3 aromatic rings. The van der Waals surface area contributed by atoms with Gasteiger partial charge in [0.15, 0.2) is 0 Å². The lowest BCUT2D eigenvalue weighted by molar-refractivity contribution is -0.274. The lowest BCUT2D eigenvalue weighted by Crippen LogP contribution is -2.16. The topological polar surface area (TPSA) is 60.5 Å². The molecule has 0 amide bonds. The van der Waals surface area contributed by atoms with Crippen LogP contribution in [0.15, 0.2) is 52.7 Å². The molecule has 0 spiro atoms. The van der Waals surface area contributed by atoms with Crippen LogP contribution in [0.4, 0.5) is 13.2 Å². The first-order valence-electron chi connectivity index (χ1n) is 10.6. The van der Waals surface area contributed by atoms with Crippen molar-refractivity contribution in [3.05, 3.63) is 64.7 Å². The number of rotatable bonds is 10. The van der Waals surface area contributed by atoms with Gasteiger partial charge in [0.05, 0.1) is 18.4 Å². The van der Waals surface area contributed by atoms with E-state index >= 15 is 0 Å². The normalized spacial score (nSPS) is 11.6. The Morgan fingerprint density at radius 3 is 2.56 bits per heavy atom. The smallest absolute Gasteiger partial charge is 0.465 e. The molecule has 0 fully saturated rings. The summed E-state index contributed by atoms with van der Waals surface area (Å²) in [6.07, 6.45) is -3.09. The fraction of sp³-hybridized carbons (Fsp3) is 0.333. The molecule has 0 radical (unpaired) electrons. The number of hydrogen-bond donors (Lipinski definition) is 1. The molecular weight excluding hydrogens is 485 g/mol. The molecule has 3 rings (SSSR count). The molecule has 0 atom stereocenters. The predicted octanol–water partition coefficient (Wildman–Crippen LogP) is 6.85. The van der Waals surface area contributed by atoms with Gasteiger partial charge in [-0.05, 0) is 72.7 Å². The molecule has 0 bridgehead atoms. The Bertz CT molecular complexity index is 1100. The van der Waals surface area contributed by atoms with Crippen LogP contribution in [0.2, 0.25) is 0 Å². The third kappa shape index (κ3) is 7.48. The van der Waals surface area contributed by atoms with Crippen molar-refractivity contribution in [3.8, 4) is 16.3 Å². The van der Waals surface area contributed by atoms with Crippen molar-refractivity contribution in [2.45, 2.75) is 43.9 Å². The summed E-state index contributed by atoms with van der Waals surface area (Å²) in [5.74, 6) is -0.377. The fourth-order valence-corrected chi connectivity index (χ4v) is 4.80. The molecule has 5 nitrogen and oxygen atoms in total. The van der Waals surface area contributed by atoms with Gasteiger partial charge >= 0.3 is 12.3 Å². The van der Waals surface area contributed by atoms with Crippen LogP contribution in [-0.2, 0) is 11.2 Å².